The third-order valence-electron chi connectivity index (χ3n) is 7.14. The third-order valence-corrected chi connectivity index (χ3v) is 7.14. The summed E-state index contributed by atoms with van der Waals surface area (Å²) >= 11 is 0. The third kappa shape index (κ3) is 2.27. The molecule has 1 atom stereocenters. The van der Waals surface area contributed by atoms with Gasteiger partial charge in [0.15, 0.2) is 0 Å². The molecule has 1 amide bonds. The number of ether oxygens (including phenoxy) is 1. The number of carbonyl (C=O) groups is 1. The first kappa shape index (κ1) is 15.7. The molecule has 2 fully saturated rings. The van der Waals surface area contributed by atoms with E-state index in [1.54, 1.807) is 11.1 Å². The van der Waals surface area contributed by atoms with Crippen LogP contribution in [0, 0.1) is 5.41 Å². The van der Waals surface area contributed by atoms with Crippen molar-refractivity contribution < 1.29 is 9.53 Å². The number of carbonyl (C=O) groups excluding carboxylic acids is 1. The maximum absolute atomic E-state index is 12.7. The summed E-state index contributed by atoms with van der Waals surface area (Å²) < 4.78 is 5.66. The zero-order valence-electron chi connectivity index (χ0n) is 15.7. The molecule has 0 radical (unpaired) electrons. The predicted molar refractivity (Wildman–Crippen MR) is 97.6 cm³/mol. The highest BCUT2D eigenvalue weighted by Crippen LogP contribution is 2.76. The van der Waals surface area contributed by atoms with Gasteiger partial charge in [0.2, 0.25) is 0 Å². The van der Waals surface area contributed by atoms with E-state index in [1.807, 2.05) is 25.7 Å². The molecular formula is C22H29NO2. The number of rotatable bonds is 0. The monoisotopic (exact) mass is 339 g/mol. The van der Waals surface area contributed by atoms with Gasteiger partial charge < -0.3 is 9.64 Å². The maximum atomic E-state index is 12.7. The van der Waals surface area contributed by atoms with Gasteiger partial charge in [0.25, 0.3) is 0 Å². The van der Waals surface area contributed by atoms with E-state index in [4.69, 9.17) is 4.74 Å². The Morgan fingerprint density at radius 2 is 1.96 bits per heavy atom. The molecule has 0 aromatic heterocycles. The summed E-state index contributed by atoms with van der Waals surface area (Å²) in [7, 11) is 0. The van der Waals surface area contributed by atoms with Crippen LogP contribution in [-0.2, 0) is 16.7 Å². The quantitative estimate of drug-likeness (QED) is 0.656. The molecule has 4 aliphatic rings. The van der Waals surface area contributed by atoms with E-state index in [0.717, 1.165) is 13.0 Å². The van der Waals surface area contributed by atoms with Gasteiger partial charge in [0.1, 0.15) is 5.60 Å². The standard InChI is InChI=1S/C22H29NO2/c1-20(2,3)25-19(24)23-12-7-15-13-21(8-9-21)22(10-11-22)17-6-4-5-16(14-23)18(15)17/h4-6,15H,7-14H2,1-3H3. The minimum absolute atomic E-state index is 0.161. The van der Waals surface area contributed by atoms with E-state index in [0.29, 0.717) is 23.3 Å². The summed E-state index contributed by atoms with van der Waals surface area (Å²) in [6.45, 7) is 7.35. The Morgan fingerprint density at radius 1 is 1.20 bits per heavy atom. The number of hydrogen-bond donors (Lipinski definition) is 0. The van der Waals surface area contributed by atoms with Crippen molar-refractivity contribution in [3.8, 4) is 0 Å². The molecule has 0 saturated heterocycles. The molecule has 25 heavy (non-hydrogen) atoms. The number of nitrogens with zero attached hydrogens (tertiary/aromatic N) is 1. The predicted octanol–water partition coefficient (Wildman–Crippen LogP) is 5.13. The van der Waals surface area contributed by atoms with Crippen LogP contribution < -0.4 is 0 Å². The van der Waals surface area contributed by atoms with Crippen molar-refractivity contribution in [3.05, 3.63) is 34.9 Å². The second-order valence-electron chi connectivity index (χ2n) is 9.83. The smallest absolute Gasteiger partial charge is 0.410 e. The molecule has 0 bridgehead atoms. The molecule has 1 unspecified atom stereocenters. The van der Waals surface area contributed by atoms with Crippen LogP contribution in [0.5, 0.6) is 0 Å². The van der Waals surface area contributed by atoms with E-state index >= 15 is 0 Å². The first-order valence-corrected chi connectivity index (χ1v) is 9.94. The van der Waals surface area contributed by atoms with Gasteiger partial charge in [-0.15, -0.1) is 0 Å². The molecule has 2 spiro atoms. The molecule has 2 saturated carbocycles. The summed E-state index contributed by atoms with van der Waals surface area (Å²) in [5, 5.41) is 0. The highest BCUT2D eigenvalue weighted by atomic mass is 16.6. The van der Waals surface area contributed by atoms with Crippen molar-refractivity contribution in [2.45, 2.75) is 82.8 Å². The zero-order valence-corrected chi connectivity index (χ0v) is 15.7. The SMILES string of the molecule is CC(C)(C)OC(=O)N1CCC2CC3(CC3)C3(CC3)c3cccc(c32)C1. The number of amides is 1. The Bertz CT molecular complexity index is 737. The van der Waals surface area contributed by atoms with Gasteiger partial charge in [0, 0.05) is 18.5 Å². The fourth-order valence-electron chi connectivity index (χ4n) is 5.79. The van der Waals surface area contributed by atoms with Crippen LogP contribution in [-0.4, -0.2) is 23.1 Å². The van der Waals surface area contributed by atoms with Crippen LogP contribution in [0.2, 0.25) is 0 Å². The molecule has 3 heteroatoms. The molecule has 134 valence electrons. The molecule has 1 aliphatic heterocycles. The van der Waals surface area contributed by atoms with Crippen molar-refractivity contribution in [1.29, 1.82) is 0 Å². The van der Waals surface area contributed by atoms with E-state index in [-0.39, 0.29) is 6.09 Å². The minimum Gasteiger partial charge on any atom is -0.444 e. The molecular weight excluding hydrogens is 310 g/mol. The van der Waals surface area contributed by atoms with Crippen LogP contribution in [0.3, 0.4) is 0 Å². The average molecular weight is 339 g/mol. The Hall–Kier alpha value is -1.51. The Labute approximate surface area is 150 Å². The van der Waals surface area contributed by atoms with Crippen molar-refractivity contribution >= 4 is 6.09 Å². The van der Waals surface area contributed by atoms with E-state index in [9.17, 15) is 4.79 Å². The summed E-state index contributed by atoms with van der Waals surface area (Å²) in [5.41, 5.74) is 5.28. The molecule has 1 aromatic carbocycles. The van der Waals surface area contributed by atoms with Gasteiger partial charge in [0.05, 0.1) is 0 Å². The summed E-state index contributed by atoms with van der Waals surface area (Å²) in [6, 6.07) is 6.88. The molecule has 1 aromatic rings. The molecule has 3 aliphatic carbocycles. The lowest BCUT2D eigenvalue weighted by Gasteiger charge is -2.40. The lowest BCUT2D eigenvalue weighted by atomic mass is 9.64. The molecule has 5 rings (SSSR count). The van der Waals surface area contributed by atoms with Crippen molar-refractivity contribution in [1.82, 2.24) is 4.90 Å². The van der Waals surface area contributed by atoms with Gasteiger partial charge in [-0.05, 0) is 87.3 Å². The van der Waals surface area contributed by atoms with E-state index in [2.05, 4.69) is 18.2 Å². The average Bonchev–Trinajstić information content (AvgIpc) is 3.41. The van der Waals surface area contributed by atoms with Gasteiger partial charge >= 0.3 is 6.09 Å². The molecule has 3 nitrogen and oxygen atoms in total. The van der Waals surface area contributed by atoms with Crippen LogP contribution >= 0.6 is 0 Å². The second-order valence-corrected chi connectivity index (χ2v) is 9.83. The Morgan fingerprint density at radius 3 is 2.60 bits per heavy atom. The maximum Gasteiger partial charge on any atom is 0.410 e. The van der Waals surface area contributed by atoms with Crippen molar-refractivity contribution in [2.24, 2.45) is 5.41 Å². The number of fused-ring (bicyclic) bond motifs is 2. The lowest BCUT2D eigenvalue weighted by Crippen LogP contribution is -2.36. The van der Waals surface area contributed by atoms with Gasteiger partial charge in [-0.25, -0.2) is 4.79 Å². The Kier molecular flexibility index (Phi) is 3.02. The molecule has 1 heterocycles. The fraction of sp³-hybridized carbons (Fsp3) is 0.682. The highest BCUT2D eigenvalue weighted by molar-refractivity contribution is 5.68. The lowest BCUT2D eigenvalue weighted by molar-refractivity contribution is 0.0233. The minimum atomic E-state index is -0.433. The fourth-order valence-corrected chi connectivity index (χ4v) is 5.79. The van der Waals surface area contributed by atoms with Gasteiger partial charge in [-0.3, -0.25) is 0 Å². The van der Waals surface area contributed by atoms with Crippen LogP contribution in [0.1, 0.15) is 81.9 Å². The largest absolute Gasteiger partial charge is 0.444 e. The Balaban J connectivity index is 1.51. The first-order valence-electron chi connectivity index (χ1n) is 9.94. The number of hydrogen-bond acceptors (Lipinski definition) is 2. The van der Waals surface area contributed by atoms with Crippen LogP contribution in [0.25, 0.3) is 0 Å². The summed E-state index contributed by atoms with van der Waals surface area (Å²) in [5.74, 6) is 0.632. The van der Waals surface area contributed by atoms with Crippen LogP contribution in [0.4, 0.5) is 4.79 Å². The molecule has 0 N–H and O–H groups in total. The summed E-state index contributed by atoms with van der Waals surface area (Å²) in [4.78, 5) is 14.6. The topological polar surface area (TPSA) is 29.5 Å². The number of benzene rings is 1. The first-order chi connectivity index (χ1) is 11.8. The van der Waals surface area contributed by atoms with Crippen molar-refractivity contribution in [2.75, 3.05) is 6.54 Å². The normalized spacial score (nSPS) is 27.6. The van der Waals surface area contributed by atoms with Crippen LogP contribution in [0.15, 0.2) is 18.2 Å². The zero-order chi connectivity index (χ0) is 17.4. The van der Waals surface area contributed by atoms with Crippen molar-refractivity contribution in [3.63, 3.8) is 0 Å². The summed E-state index contributed by atoms with van der Waals surface area (Å²) in [6.07, 6.45) is 7.87. The second kappa shape index (κ2) is 4.81. The van der Waals surface area contributed by atoms with E-state index in [1.165, 1.54) is 37.7 Å². The highest BCUT2D eigenvalue weighted by Gasteiger charge is 2.68. The van der Waals surface area contributed by atoms with Gasteiger partial charge in [-0.1, -0.05) is 18.2 Å². The van der Waals surface area contributed by atoms with E-state index < -0.39 is 5.60 Å². The van der Waals surface area contributed by atoms with Gasteiger partial charge in [-0.2, -0.15) is 0 Å².